The van der Waals surface area contributed by atoms with Crippen LogP contribution in [-0.4, -0.2) is 48.4 Å². The van der Waals surface area contributed by atoms with Crippen LogP contribution in [-0.2, 0) is 4.79 Å². The van der Waals surface area contributed by atoms with Crippen molar-refractivity contribution < 1.29 is 4.79 Å². The highest BCUT2D eigenvalue weighted by Crippen LogP contribution is 2.15. The second kappa shape index (κ2) is 6.11. The Bertz CT molecular complexity index is 194. The van der Waals surface area contributed by atoms with Crippen LogP contribution in [0, 0.1) is 0 Å². The van der Waals surface area contributed by atoms with Crippen molar-refractivity contribution in [3.8, 4) is 0 Å². The van der Waals surface area contributed by atoms with Crippen molar-refractivity contribution in [3.63, 3.8) is 0 Å². The molecule has 0 aromatic rings. The van der Waals surface area contributed by atoms with Gasteiger partial charge in [0, 0.05) is 18.5 Å². The van der Waals surface area contributed by atoms with Crippen molar-refractivity contribution in [1.29, 1.82) is 0 Å². The van der Waals surface area contributed by atoms with Crippen LogP contribution in [0.1, 0.15) is 40.5 Å². The Morgan fingerprint density at radius 3 is 2.00 bits per heavy atom. The van der Waals surface area contributed by atoms with E-state index >= 15 is 0 Å². The van der Waals surface area contributed by atoms with E-state index in [-0.39, 0.29) is 11.4 Å². The molecule has 0 aromatic carbocycles. The fourth-order valence-electron chi connectivity index (χ4n) is 1.57. The molecule has 90 valence electrons. The average molecular weight is 214 g/mol. The quantitative estimate of drug-likeness (QED) is 0.698. The lowest BCUT2D eigenvalue weighted by molar-refractivity contribution is -0.135. The van der Waals surface area contributed by atoms with Crippen molar-refractivity contribution >= 4 is 5.91 Å². The second-order valence-corrected chi connectivity index (χ2v) is 5.23. The minimum atomic E-state index is -0.0561. The highest BCUT2D eigenvalue weighted by Gasteiger charge is 2.24. The minimum absolute atomic E-state index is 0.0561. The smallest absolute Gasteiger partial charge is 0.222 e. The normalized spacial score (nSPS) is 11.9. The van der Waals surface area contributed by atoms with Crippen molar-refractivity contribution in [2.45, 2.75) is 46.1 Å². The first-order valence-corrected chi connectivity index (χ1v) is 5.74. The van der Waals surface area contributed by atoms with E-state index in [1.165, 1.54) is 0 Å². The number of rotatable bonds is 5. The van der Waals surface area contributed by atoms with Crippen LogP contribution in [0.3, 0.4) is 0 Å². The van der Waals surface area contributed by atoms with Crippen LogP contribution >= 0.6 is 0 Å². The van der Waals surface area contributed by atoms with Gasteiger partial charge in [-0.25, -0.2) is 0 Å². The molecule has 0 saturated heterocycles. The molecule has 3 heteroatoms. The number of carbonyl (C=O) groups excluding carboxylic acids is 1. The zero-order chi connectivity index (χ0) is 12.1. The van der Waals surface area contributed by atoms with Crippen LogP contribution < -0.4 is 0 Å². The lowest BCUT2D eigenvalue weighted by Crippen LogP contribution is -2.46. The van der Waals surface area contributed by atoms with E-state index in [4.69, 9.17) is 0 Å². The van der Waals surface area contributed by atoms with Gasteiger partial charge in [-0.3, -0.25) is 4.79 Å². The number of hydrogen-bond acceptors (Lipinski definition) is 2. The van der Waals surface area contributed by atoms with Gasteiger partial charge in [0.05, 0.1) is 0 Å². The molecular formula is C12H26N2O. The summed E-state index contributed by atoms with van der Waals surface area (Å²) in [5.74, 6) is 0.251. The molecule has 15 heavy (non-hydrogen) atoms. The predicted octanol–water partition coefficient (Wildman–Crippen LogP) is 1.98. The third-order valence-electron chi connectivity index (χ3n) is 2.40. The maximum absolute atomic E-state index is 11.7. The third kappa shape index (κ3) is 5.78. The van der Waals surface area contributed by atoms with E-state index in [1.807, 2.05) is 11.8 Å². The molecule has 0 atom stereocenters. The maximum atomic E-state index is 11.7. The number of amides is 1. The molecule has 0 aliphatic carbocycles. The maximum Gasteiger partial charge on any atom is 0.222 e. The van der Waals surface area contributed by atoms with Gasteiger partial charge >= 0.3 is 0 Å². The van der Waals surface area contributed by atoms with Crippen LogP contribution in [0.2, 0.25) is 0 Å². The molecule has 0 saturated carbocycles. The molecule has 3 nitrogen and oxygen atoms in total. The molecule has 0 aromatic heterocycles. The lowest BCUT2D eigenvalue weighted by atomic mass is 10.0. The van der Waals surface area contributed by atoms with Crippen molar-refractivity contribution in [2.75, 3.05) is 27.2 Å². The number of nitrogens with zero attached hydrogens (tertiary/aromatic N) is 2. The van der Waals surface area contributed by atoms with Gasteiger partial charge in [-0.05, 0) is 47.8 Å². The second-order valence-electron chi connectivity index (χ2n) is 5.23. The van der Waals surface area contributed by atoms with Gasteiger partial charge in [0.15, 0.2) is 0 Å². The summed E-state index contributed by atoms with van der Waals surface area (Å²) in [6.45, 7) is 10.1. The van der Waals surface area contributed by atoms with E-state index in [2.05, 4.69) is 39.8 Å². The summed E-state index contributed by atoms with van der Waals surface area (Å²) in [6, 6.07) is 0. The Labute approximate surface area is 94.4 Å². The Morgan fingerprint density at radius 2 is 1.67 bits per heavy atom. The monoisotopic (exact) mass is 214 g/mol. The summed E-state index contributed by atoms with van der Waals surface area (Å²) >= 11 is 0. The van der Waals surface area contributed by atoms with Gasteiger partial charge in [-0.15, -0.1) is 0 Å². The summed E-state index contributed by atoms with van der Waals surface area (Å²) in [5.41, 5.74) is -0.0561. The first-order chi connectivity index (χ1) is 6.79. The molecule has 0 rings (SSSR count). The predicted molar refractivity (Wildman–Crippen MR) is 64.9 cm³/mol. The van der Waals surface area contributed by atoms with Crippen molar-refractivity contribution in [3.05, 3.63) is 0 Å². The Balaban J connectivity index is 4.21. The fourth-order valence-corrected chi connectivity index (χ4v) is 1.57. The number of hydrogen-bond donors (Lipinski definition) is 0. The average Bonchev–Trinajstić information content (AvgIpc) is 2.09. The Kier molecular flexibility index (Phi) is 5.88. The highest BCUT2D eigenvalue weighted by molar-refractivity contribution is 5.76. The molecule has 0 radical (unpaired) electrons. The fraction of sp³-hybridized carbons (Fsp3) is 0.917. The van der Waals surface area contributed by atoms with Gasteiger partial charge < -0.3 is 9.80 Å². The van der Waals surface area contributed by atoms with Crippen molar-refractivity contribution in [1.82, 2.24) is 9.80 Å². The molecule has 0 heterocycles. The van der Waals surface area contributed by atoms with Crippen LogP contribution in [0.25, 0.3) is 0 Å². The largest absolute Gasteiger partial charge is 0.338 e. The lowest BCUT2D eigenvalue weighted by Gasteiger charge is -2.36. The molecule has 1 amide bonds. The summed E-state index contributed by atoms with van der Waals surface area (Å²) in [6.07, 6.45) is 1.63. The van der Waals surface area contributed by atoms with Crippen LogP contribution in [0.4, 0.5) is 0 Å². The summed E-state index contributed by atoms with van der Waals surface area (Å²) in [5, 5.41) is 0. The number of carbonyl (C=O) groups is 1. The summed E-state index contributed by atoms with van der Waals surface area (Å²) in [7, 11) is 4.12. The molecule has 0 aliphatic rings. The van der Waals surface area contributed by atoms with Crippen LogP contribution in [0.5, 0.6) is 0 Å². The SMILES string of the molecule is CCC(=O)N(CCCN(C)C)C(C)(C)C. The van der Waals surface area contributed by atoms with E-state index in [1.54, 1.807) is 0 Å². The molecule has 0 aliphatic heterocycles. The van der Waals surface area contributed by atoms with Gasteiger partial charge in [-0.2, -0.15) is 0 Å². The molecule has 0 fully saturated rings. The highest BCUT2D eigenvalue weighted by atomic mass is 16.2. The van der Waals surface area contributed by atoms with E-state index < -0.39 is 0 Å². The molecule has 0 unspecified atom stereocenters. The topological polar surface area (TPSA) is 23.6 Å². The van der Waals surface area contributed by atoms with Gasteiger partial charge in [0.1, 0.15) is 0 Å². The first kappa shape index (κ1) is 14.4. The Hall–Kier alpha value is -0.570. The molecule has 0 spiro atoms. The van der Waals surface area contributed by atoms with Gasteiger partial charge in [0.25, 0.3) is 0 Å². The molecule has 0 N–H and O–H groups in total. The van der Waals surface area contributed by atoms with E-state index in [0.29, 0.717) is 6.42 Å². The third-order valence-corrected chi connectivity index (χ3v) is 2.40. The summed E-state index contributed by atoms with van der Waals surface area (Å²) < 4.78 is 0. The zero-order valence-corrected chi connectivity index (χ0v) is 11.1. The van der Waals surface area contributed by atoms with Gasteiger partial charge in [-0.1, -0.05) is 6.92 Å². The van der Waals surface area contributed by atoms with E-state index in [9.17, 15) is 4.79 Å². The summed E-state index contributed by atoms with van der Waals surface area (Å²) in [4.78, 5) is 15.9. The minimum Gasteiger partial charge on any atom is -0.338 e. The van der Waals surface area contributed by atoms with Crippen LogP contribution in [0.15, 0.2) is 0 Å². The molecular weight excluding hydrogens is 188 g/mol. The Morgan fingerprint density at radius 1 is 1.13 bits per heavy atom. The van der Waals surface area contributed by atoms with Gasteiger partial charge in [0.2, 0.25) is 5.91 Å². The van der Waals surface area contributed by atoms with E-state index in [0.717, 1.165) is 19.5 Å². The zero-order valence-electron chi connectivity index (χ0n) is 11.1. The van der Waals surface area contributed by atoms with Crippen molar-refractivity contribution in [2.24, 2.45) is 0 Å². The first-order valence-electron chi connectivity index (χ1n) is 5.74. The standard InChI is InChI=1S/C12H26N2O/c1-7-11(15)14(12(2,3)4)10-8-9-13(5)6/h7-10H2,1-6H3. The molecule has 0 bridgehead atoms.